The molecule has 0 unspecified atom stereocenters. The minimum atomic E-state index is -5.08. The third-order valence-electron chi connectivity index (χ3n) is 5.67. The normalized spacial score (nSPS) is 11.6. The molecule has 2 aromatic carbocycles. The molecule has 0 saturated heterocycles. The fraction of sp³-hybridized carbons (Fsp3) is 0.379. The Balaban J connectivity index is 0.000000782. The van der Waals surface area contributed by atoms with Crippen LogP contribution < -0.4 is 20.7 Å². The molecule has 0 aliphatic carbocycles. The quantitative estimate of drug-likeness (QED) is 0.207. The largest absolute Gasteiger partial charge is 0.496 e. The van der Waals surface area contributed by atoms with Crippen molar-refractivity contribution in [2.45, 2.75) is 52.4 Å². The van der Waals surface area contributed by atoms with Crippen molar-refractivity contribution in [3.63, 3.8) is 0 Å². The fourth-order valence-corrected chi connectivity index (χ4v) is 3.78. The maximum atomic E-state index is 13.5. The Morgan fingerprint density at radius 1 is 1.05 bits per heavy atom. The lowest BCUT2D eigenvalue weighted by Crippen LogP contribution is -2.40. The molecule has 0 saturated carbocycles. The van der Waals surface area contributed by atoms with E-state index in [0.717, 1.165) is 23.4 Å². The van der Waals surface area contributed by atoms with Gasteiger partial charge in [-0.1, -0.05) is 44.2 Å². The number of aromatic nitrogens is 2. The Morgan fingerprint density at radius 3 is 2.36 bits per heavy atom. The fourth-order valence-electron chi connectivity index (χ4n) is 3.78. The lowest BCUT2D eigenvalue weighted by molar-refractivity contribution is -0.192. The van der Waals surface area contributed by atoms with Crippen LogP contribution in [0.15, 0.2) is 54.6 Å². The monoisotopic (exact) mass is 593 g/mol. The minimum Gasteiger partial charge on any atom is -0.496 e. The van der Waals surface area contributed by atoms with E-state index in [4.69, 9.17) is 14.6 Å². The molecular weight excluding hydrogens is 558 g/mol. The molecule has 9 nitrogen and oxygen atoms in total. The second-order valence-corrected chi connectivity index (χ2v) is 9.68. The SMILES string of the molecule is COc1ccccc1CCNc1nc(C)cc(N[C@@H](CC(C)C)C(=O)NCc2cccc(F)c2)n1.O=C(O)C(F)(F)F. The molecule has 0 fully saturated rings. The predicted molar refractivity (Wildman–Crippen MR) is 151 cm³/mol. The topological polar surface area (TPSA) is 125 Å². The zero-order valence-electron chi connectivity index (χ0n) is 23.8. The van der Waals surface area contributed by atoms with E-state index in [1.54, 1.807) is 19.2 Å². The van der Waals surface area contributed by atoms with E-state index in [1.165, 1.54) is 12.1 Å². The number of carboxylic acids is 1. The number of rotatable bonds is 12. The highest BCUT2D eigenvalue weighted by Crippen LogP contribution is 2.19. The third-order valence-corrected chi connectivity index (χ3v) is 5.67. The van der Waals surface area contributed by atoms with Gasteiger partial charge in [0, 0.05) is 24.8 Å². The summed E-state index contributed by atoms with van der Waals surface area (Å²) in [6.07, 6.45) is -3.71. The van der Waals surface area contributed by atoms with Crippen molar-refractivity contribution in [2.75, 3.05) is 24.3 Å². The average Bonchev–Trinajstić information content (AvgIpc) is 2.91. The van der Waals surface area contributed by atoms with Crippen LogP contribution in [-0.2, 0) is 22.6 Å². The van der Waals surface area contributed by atoms with Crippen LogP contribution in [0.1, 0.15) is 37.1 Å². The van der Waals surface area contributed by atoms with E-state index < -0.39 is 18.2 Å². The number of benzene rings is 2. The summed E-state index contributed by atoms with van der Waals surface area (Å²) in [4.78, 5) is 30.9. The van der Waals surface area contributed by atoms with E-state index in [-0.39, 0.29) is 24.2 Å². The molecule has 42 heavy (non-hydrogen) atoms. The van der Waals surface area contributed by atoms with Crippen molar-refractivity contribution >= 4 is 23.6 Å². The van der Waals surface area contributed by atoms with Crippen LogP contribution in [0.5, 0.6) is 5.75 Å². The van der Waals surface area contributed by atoms with Crippen molar-refractivity contribution in [2.24, 2.45) is 5.92 Å². The van der Waals surface area contributed by atoms with E-state index >= 15 is 0 Å². The molecule has 0 aliphatic heterocycles. The number of para-hydroxylation sites is 1. The molecular formula is C29H35F4N5O4. The second-order valence-electron chi connectivity index (χ2n) is 9.68. The van der Waals surface area contributed by atoms with Crippen LogP contribution in [0.25, 0.3) is 0 Å². The molecule has 0 aliphatic rings. The average molecular weight is 594 g/mol. The number of hydrogen-bond acceptors (Lipinski definition) is 7. The maximum Gasteiger partial charge on any atom is 0.490 e. The van der Waals surface area contributed by atoms with Crippen LogP contribution in [0.4, 0.5) is 29.3 Å². The van der Waals surface area contributed by atoms with E-state index in [9.17, 15) is 22.4 Å². The first-order valence-electron chi connectivity index (χ1n) is 13.1. The number of amides is 1. The van der Waals surface area contributed by atoms with E-state index in [2.05, 4.69) is 39.8 Å². The smallest absolute Gasteiger partial charge is 0.490 e. The number of nitrogens with zero attached hydrogens (tertiary/aromatic N) is 2. The number of nitrogens with one attached hydrogen (secondary N) is 3. The van der Waals surface area contributed by atoms with Gasteiger partial charge < -0.3 is 25.8 Å². The summed E-state index contributed by atoms with van der Waals surface area (Å²) < 4.78 is 50.6. The number of methoxy groups -OCH3 is 1. The summed E-state index contributed by atoms with van der Waals surface area (Å²) in [5, 5.41) is 16.6. The van der Waals surface area contributed by atoms with Gasteiger partial charge in [-0.2, -0.15) is 18.2 Å². The van der Waals surface area contributed by atoms with Crippen molar-refractivity contribution in [3.05, 3.63) is 77.2 Å². The van der Waals surface area contributed by atoms with Gasteiger partial charge in [-0.25, -0.2) is 14.2 Å². The predicted octanol–water partition coefficient (Wildman–Crippen LogP) is 5.36. The molecule has 0 bridgehead atoms. The first-order valence-corrected chi connectivity index (χ1v) is 13.1. The van der Waals surface area contributed by atoms with Gasteiger partial charge in [0.1, 0.15) is 23.4 Å². The number of carbonyl (C=O) groups excluding carboxylic acids is 1. The summed E-state index contributed by atoms with van der Waals surface area (Å²) in [5.41, 5.74) is 2.59. The Hall–Kier alpha value is -4.42. The number of aryl methyl sites for hydroxylation is 1. The molecule has 1 atom stereocenters. The molecule has 0 radical (unpaired) electrons. The number of hydrogen-bond donors (Lipinski definition) is 4. The van der Waals surface area contributed by atoms with Gasteiger partial charge in [0.15, 0.2) is 0 Å². The Labute approximate surface area is 241 Å². The molecule has 4 N–H and O–H groups in total. The first kappa shape index (κ1) is 33.8. The van der Waals surface area contributed by atoms with Crippen LogP contribution >= 0.6 is 0 Å². The zero-order valence-corrected chi connectivity index (χ0v) is 23.8. The molecule has 1 amide bonds. The lowest BCUT2D eigenvalue weighted by atomic mass is 10.0. The third kappa shape index (κ3) is 12.0. The number of aliphatic carboxylic acids is 1. The molecule has 228 valence electrons. The van der Waals surface area contributed by atoms with E-state index in [0.29, 0.717) is 30.3 Å². The Morgan fingerprint density at radius 2 is 1.74 bits per heavy atom. The van der Waals surface area contributed by atoms with Gasteiger partial charge >= 0.3 is 12.1 Å². The summed E-state index contributed by atoms with van der Waals surface area (Å²) in [7, 11) is 1.66. The van der Waals surface area contributed by atoms with Gasteiger partial charge in [-0.3, -0.25) is 4.79 Å². The van der Waals surface area contributed by atoms with Gasteiger partial charge in [-0.05, 0) is 55.0 Å². The number of anilines is 2. The Bertz CT molecular complexity index is 1320. The molecule has 1 heterocycles. The summed E-state index contributed by atoms with van der Waals surface area (Å²) in [5.74, 6) is -1.04. The highest BCUT2D eigenvalue weighted by molar-refractivity contribution is 5.84. The van der Waals surface area contributed by atoms with Crippen molar-refractivity contribution < 1.29 is 37.0 Å². The molecule has 3 aromatic rings. The van der Waals surface area contributed by atoms with E-state index in [1.807, 2.05) is 37.3 Å². The van der Waals surface area contributed by atoms with Gasteiger partial charge in [0.2, 0.25) is 11.9 Å². The standard InChI is InChI=1S/C27H34FN5O2.C2HF3O2/c1-18(2)14-23(26(34)30-17-20-8-7-10-22(28)16-20)32-25-15-19(3)31-27(33-25)29-13-12-21-9-5-6-11-24(21)35-4;3-2(4,5)1(6)7/h5-11,15-16,18,23H,12-14,17H2,1-4H3,(H,30,34)(H2,29,31,32,33);(H,6,7)/t23-;/m0./s1. The van der Waals surface area contributed by atoms with Crippen LogP contribution in [-0.4, -0.2) is 52.8 Å². The van der Waals surface area contributed by atoms with Crippen molar-refractivity contribution in [1.82, 2.24) is 15.3 Å². The van der Waals surface area contributed by atoms with Crippen LogP contribution in [0, 0.1) is 18.7 Å². The number of carboxylic acid groups (broad SMARTS) is 1. The second kappa shape index (κ2) is 16.1. The van der Waals surface area contributed by atoms with Crippen molar-refractivity contribution in [1.29, 1.82) is 0 Å². The van der Waals surface area contributed by atoms with Crippen LogP contribution in [0.2, 0.25) is 0 Å². The Kier molecular flexibility index (Phi) is 13.0. The number of ether oxygens (including phenoxy) is 1. The molecule has 3 rings (SSSR count). The molecule has 0 spiro atoms. The van der Waals surface area contributed by atoms with Crippen LogP contribution in [0.3, 0.4) is 0 Å². The zero-order chi connectivity index (χ0) is 31.3. The summed E-state index contributed by atoms with van der Waals surface area (Å²) in [6.45, 7) is 6.90. The highest BCUT2D eigenvalue weighted by Gasteiger charge is 2.38. The maximum absolute atomic E-state index is 13.5. The minimum absolute atomic E-state index is 0.162. The summed E-state index contributed by atoms with van der Waals surface area (Å²) >= 11 is 0. The number of halogens is 4. The van der Waals surface area contributed by atoms with Gasteiger partial charge in [-0.15, -0.1) is 0 Å². The van der Waals surface area contributed by atoms with Gasteiger partial charge in [0.25, 0.3) is 0 Å². The molecule has 13 heteroatoms. The lowest BCUT2D eigenvalue weighted by Gasteiger charge is -2.21. The van der Waals surface area contributed by atoms with Gasteiger partial charge in [0.05, 0.1) is 7.11 Å². The number of carbonyl (C=O) groups is 2. The number of alkyl halides is 3. The highest BCUT2D eigenvalue weighted by atomic mass is 19.4. The molecule has 1 aromatic heterocycles. The summed E-state index contributed by atoms with van der Waals surface area (Å²) in [6, 6.07) is 15.4. The van der Waals surface area contributed by atoms with Crippen molar-refractivity contribution in [3.8, 4) is 5.75 Å². The first-order chi connectivity index (χ1) is 19.8.